The number of carbonyl (C=O) groups is 2. The van der Waals surface area contributed by atoms with Gasteiger partial charge in [0.05, 0.1) is 12.1 Å². The molecule has 2 rings (SSSR count). The van der Waals surface area contributed by atoms with Crippen LogP contribution in [0.4, 0.5) is 0 Å². The second kappa shape index (κ2) is 4.88. The van der Waals surface area contributed by atoms with Gasteiger partial charge < -0.3 is 14.9 Å². The molecule has 2 heterocycles. The highest BCUT2D eigenvalue weighted by molar-refractivity contribution is 5.86. The summed E-state index contributed by atoms with van der Waals surface area (Å²) in [5, 5.41) is 9.94. The minimum absolute atomic E-state index is 0.0111. The highest BCUT2D eigenvalue weighted by Crippen LogP contribution is 2.27. The molecule has 0 bridgehead atoms. The summed E-state index contributed by atoms with van der Waals surface area (Å²) in [7, 11) is 0. The predicted octanol–water partition coefficient (Wildman–Crippen LogP) is 0.228. The van der Waals surface area contributed by atoms with Gasteiger partial charge in [-0.2, -0.15) is 0 Å². The van der Waals surface area contributed by atoms with E-state index < -0.39 is 5.60 Å². The number of aliphatic hydroxyl groups is 1. The zero-order valence-corrected chi connectivity index (χ0v) is 11.2. The Bertz CT molecular complexity index is 349. The first-order valence-corrected chi connectivity index (χ1v) is 6.66. The van der Waals surface area contributed by atoms with Crippen molar-refractivity contribution in [2.75, 3.05) is 26.2 Å². The molecular formula is C13H22N2O3. The second-order valence-electron chi connectivity index (χ2n) is 5.90. The molecule has 2 aliphatic rings. The Morgan fingerprint density at radius 1 is 1.44 bits per heavy atom. The Balaban J connectivity index is 1.86. The Kier molecular flexibility index (Phi) is 3.61. The normalized spacial score (nSPS) is 25.1. The van der Waals surface area contributed by atoms with Crippen LogP contribution in [0.5, 0.6) is 0 Å². The summed E-state index contributed by atoms with van der Waals surface area (Å²) < 4.78 is 0. The van der Waals surface area contributed by atoms with Crippen LogP contribution in [0.2, 0.25) is 0 Å². The van der Waals surface area contributed by atoms with Gasteiger partial charge in [0.1, 0.15) is 0 Å². The lowest BCUT2D eigenvalue weighted by molar-refractivity contribution is -0.138. The third-order valence-electron chi connectivity index (χ3n) is 4.04. The van der Waals surface area contributed by atoms with Crippen molar-refractivity contribution in [2.24, 2.45) is 5.92 Å². The van der Waals surface area contributed by atoms with Gasteiger partial charge in [-0.15, -0.1) is 0 Å². The van der Waals surface area contributed by atoms with Gasteiger partial charge in [-0.3, -0.25) is 9.59 Å². The van der Waals surface area contributed by atoms with Crippen molar-refractivity contribution in [2.45, 2.75) is 38.7 Å². The SMILES string of the molecule is CC(C)(O)[C@@H]1CCN(C(=O)CN2CCCC2=O)C1. The van der Waals surface area contributed by atoms with E-state index in [1.54, 1.807) is 23.6 Å². The molecule has 0 aliphatic carbocycles. The zero-order valence-electron chi connectivity index (χ0n) is 11.2. The van der Waals surface area contributed by atoms with Gasteiger partial charge in [-0.1, -0.05) is 0 Å². The van der Waals surface area contributed by atoms with Crippen LogP contribution in [0.1, 0.15) is 33.1 Å². The zero-order chi connectivity index (χ0) is 13.3. The average molecular weight is 254 g/mol. The molecule has 1 N–H and O–H groups in total. The molecule has 1 atom stereocenters. The van der Waals surface area contributed by atoms with Gasteiger partial charge in [-0.25, -0.2) is 0 Å². The fraction of sp³-hybridized carbons (Fsp3) is 0.846. The van der Waals surface area contributed by atoms with Crippen LogP contribution in [0.25, 0.3) is 0 Å². The van der Waals surface area contributed by atoms with Gasteiger partial charge in [-0.05, 0) is 26.7 Å². The number of rotatable bonds is 3. The Hall–Kier alpha value is -1.10. The van der Waals surface area contributed by atoms with Crippen molar-refractivity contribution in [3.05, 3.63) is 0 Å². The minimum Gasteiger partial charge on any atom is -0.390 e. The smallest absolute Gasteiger partial charge is 0.242 e. The Labute approximate surface area is 108 Å². The van der Waals surface area contributed by atoms with Crippen LogP contribution >= 0.6 is 0 Å². The Morgan fingerprint density at radius 3 is 2.67 bits per heavy atom. The average Bonchev–Trinajstić information content (AvgIpc) is 2.87. The Morgan fingerprint density at radius 2 is 2.17 bits per heavy atom. The summed E-state index contributed by atoms with van der Waals surface area (Å²) in [4.78, 5) is 26.9. The molecule has 2 aliphatic heterocycles. The van der Waals surface area contributed by atoms with Crippen molar-refractivity contribution < 1.29 is 14.7 Å². The van der Waals surface area contributed by atoms with Crippen LogP contribution in [-0.4, -0.2) is 58.5 Å². The van der Waals surface area contributed by atoms with Crippen LogP contribution in [0.3, 0.4) is 0 Å². The fourth-order valence-corrected chi connectivity index (χ4v) is 2.70. The maximum Gasteiger partial charge on any atom is 0.242 e. The molecule has 0 aromatic rings. The molecule has 2 saturated heterocycles. The summed E-state index contributed by atoms with van der Waals surface area (Å²) >= 11 is 0. The van der Waals surface area contributed by atoms with Crippen LogP contribution in [-0.2, 0) is 9.59 Å². The van der Waals surface area contributed by atoms with E-state index in [4.69, 9.17) is 0 Å². The van der Waals surface area contributed by atoms with Gasteiger partial charge in [0, 0.05) is 32.0 Å². The van der Waals surface area contributed by atoms with E-state index in [0.717, 1.165) is 12.8 Å². The molecule has 102 valence electrons. The van der Waals surface area contributed by atoms with Crippen LogP contribution in [0, 0.1) is 5.92 Å². The summed E-state index contributed by atoms with van der Waals surface area (Å²) in [6.07, 6.45) is 2.27. The van der Waals surface area contributed by atoms with Gasteiger partial charge in [0.15, 0.2) is 0 Å². The first kappa shape index (κ1) is 13.3. The van der Waals surface area contributed by atoms with Gasteiger partial charge in [0.25, 0.3) is 0 Å². The number of amides is 2. The molecule has 0 unspecified atom stereocenters. The second-order valence-corrected chi connectivity index (χ2v) is 5.90. The first-order valence-electron chi connectivity index (χ1n) is 6.66. The molecule has 2 fully saturated rings. The monoisotopic (exact) mass is 254 g/mol. The lowest BCUT2D eigenvalue weighted by atomic mass is 9.90. The molecule has 0 spiro atoms. The highest BCUT2D eigenvalue weighted by atomic mass is 16.3. The first-order chi connectivity index (χ1) is 8.38. The number of hydrogen-bond acceptors (Lipinski definition) is 3. The van der Waals surface area contributed by atoms with Gasteiger partial charge in [0.2, 0.25) is 11.8 Å². The molecule has 2 amide bonds. The minimum atomic E-state index is -0.738. The molecule has 0 aromatic heterocycles. The number of likely N-dealkylation sites (tertiary alicyclic amines) is 2. The lowest BCUT2D eigenvalue weighted by Crippen LogP contribution is -2.41. The van der Waals surface area contributed by atoms with Crippen molar-refractivity contribution in [1.82, 2.24) is 9.80 Å². The molecule has 5 nitrogen and oxygen atoms in total. The summed E-state index contributed by atoms with van der Waals surface area (Å²) in [5.41, 5.74) is -0.738. The van der Waals surface area contributed by atoms with E-state index in [0.29, 0.717) is 26.1 Å². The molecule has 0 aromatic carbocycles. The summed E-state index contributed by atoms with van der Waals surface area (Å²) in [5.74, 6) is 0.231. The molecular weight excluding hydrogens is 232 g/mol. The standard InChI is InChI=1S/C13H22N2O3/c1-13(2,18)10-5-7-15(8-10)12(17)9-14-6-3-4-11(14)16/h10,18H,3-9H2,1-2H3/t10-/m1/s1. The lowest BCUT2D eigenvalue weighted by Gasteiger charge is -2.26. The van der Waals surface area contributed by atoms with Crippen molar-refractivity contribution in [3.8, 4) is 0 Å². The van der Waals surface area contributed by atoms with E-state index >= 15 is 0 Å². The van der Waals surface area contributed by atoms with E-state index in [-0.39, 0.29) is 24.3 Å². The van der Waals surface area contributed by atoms with E-state index in [1.165, 1.54) is 0 Å². The third-order valence-corrected chi connectivity index (χ3v) is 4.04. The maximum atomic E-state index is 12.1. The maximum absolute atomic E-state index is 12.1. The largest absolute Gasteiger partial charge is 0.390 e. The molecule has 5 heteroatoms. The number of nitrogens with zero attached hydrogens (tertiary/aromatic N) is 2. The highest BCUT2D eigenvalue weighted by Gasteiger charge is 2.36. The van der Waals surface area contributed by atoms with E-state index in [1.807, 2.05) is 0 Å². The van der Waals surface area contributed by atoms with E-state index in [2.05, 4.69) is 0 Å². The van der Waals surface area contributed by atoms with E-state index in [9.17, 15) is 14.7 Å². The fourth-order valence-electron chi connectivity index (χ4n) is 2.70. The van der Waals surface area contributed by atoms with Crippen LogP contribution < -0.4 is 0 Å². The third kappa shape index (κ3) is 2.83. The summed E-state index contributed by atoms with van der Waals surface area (Å²) in [6.45, 7) is 5.77. The van der Waals surface area contributed by atoms with Gasteiger partial charge >= 0.3 is 0 Å². The predicted molar refractivity (Wildman–Crippen MR) is 66.8 cm³/mol. The number of hydrogen-bond donors (Lipinski definition) is 1. The summed E-state index contributed by atoms with van der Waals surface area (Å²) in [6, 6.07) is 0. The van der Waals surface area contributed by atoms with Crippen LogP contribution in [0.15, 0.2) is 0 Å². The topological polar surface area (TPSA) is 60.9 Å². The van der Waals surface area contributed by atoms with Crippen molar-refractivity contribution in [3.63, 3.8) is 0 Å². The quantitative estimate of drug-likeness (QED) is 0.784. The molecule has 0 radical (unpaired) electrons. The van der Waals surface area contributed by atoms with Crippen molar-refractivity contribution >= 4 is 11.8 Å². The molecule has 0 saturated carbocycles. The van der Waals surface area contributed by atoms with Crippen molar-refractivity contribution in [1.29, 1.82) is 0 Å². The number of carbonyl (C=O) groups excluding carboxylic acids is 2. The molecule has 18 heavy (non-hydrogen) atoms.